The highest BCUT2D eigenvalue weighted by molar-refractivity contribution is 6.30. The molecule has 0 unspecified atom stereocenters. The minimum atomic E-state index is -0.393. The molecule has 1 aliphatic heterocycles. The standard InChI is InChI=1S/C15H21ClN2O2/c1-2-3-13(11-4-6-12(16)7-5-11)18-15(19)14-10-17-8-9-20-14/h4-7,13-14,17H,2-3,8-10H2,1H3,(H,18,19)/t13-,14+/m1/s1. The van der Waals surface area contributed by atoms with Crippen LogP contribution < -0.4 is 10.6 Å². The molecule has 2 atom stereocenters. The van der Waals surface area contributed by atoms with Gasteiger partial charge in [0.25, 0.3) is 5.91 Å². The molecule has 1 heterocycles. The van der Waals surface area contributed by atoms with Crippen LogP contribution in [0, 0.1) is 0 Å². The fraction of sp³-hybridized carbons (Fsp3) is 0.533. The molecule has 1 aliphatic rings. The predicted octanol–water partition coefficient (Wildman–Crippen LogP) is 2.29. The molecule has 110 valence electrons. The summed E-state index contributed by atoms with van der Waals surface area (Å²) >= 11 is 5.91. The van der Waals surface area contributed by atoms with Gasteiger partial charge in [0.15, 0.2) is 0 Å². The normalized spacial score (nSPS) is 20.4. The van der Waals surface area contributed by atoms with Crippen molar-refractivity contribution in [1.29, 1.82) is 0 Å². The number of hydrogen-bond donors (Lipinski definition) is 2. The Balaban J connectivity index is 2.01. The van der Waals surface area contributed by atoms with E-state index in [0.29, 0.717) is 18.2 Å². The van der Waals surface area contributed by atoms with Gasteiger partial charge >= 0.3 is 0 Å². The van der Waals surface area contributed by atoms with Gasteiger partial charge in [-0.25, -0.2) is 0 Å². The third-order valence-electron chi connectivity index (χ3n) is 3.39. The van der Waals surface area contributed by atoms with E-state index in [-0.39, 0.29) is 11.9 Å². The van der Waals surface area contributed by atoms with Gasteiger partial charge in [-0.1, -0.05) is 37.1 Å². The van der Waals surface area contributed by atoms with Crippen molar-refractivity contribution in [3.8, 4) is 0 Å². The second-order valence-corrected chi connectivity index (χ2v) is 5.40. The van der Waals surface area contributed by atoms with Gasteiger partial charge < -0.3 is 15.4 Å². The van der Waals surface area contributed by atoms with E-state index >= 15 is 0 Å². The third-order valence-corrected chi connectivity index (χ3v) is 3.64. The van der Waals surface area contributed by atoms with E-state index < -0.39 is 6.10 Å². The molecule has 0 radical (unpaired) electrons. The van der Waals surface area contributed by atoms with Crippen LogP contribution in [0.5, 0.6) is 0 Å². The number of ether oxygens (including phenoxy) is 1. The molecule has 0 spiro atoms. The van der Waals surface area contributed by atoms with Gasteiger partial charge in [0, 0.05) is 18.1 Å². The lowest BCUT2D eigenvalue weighted by Crippen LogP contribution is -2.48. The molecule has 1 aromatic carbocycles. The first-order chi connectivity index (χ1) is 9.70. The number of carbonyl (C=O) groups excluding carboxylic acids is 1. The second-order valence-electron chi connectivity index (χ2n) is 4.96. The summed E-state index contributed by atoms with van der Waals surface area (Å²) in [5, 5.41) is 6.95. The Morgan fingerprint density at radius 3 is 2.85 bits per heavy atom. The number of halogens is 1. The molecule has 1 fully saturated rings. The monoisotopic (exact) mass is 296 g/mol. The van der Waals surface area contributed by atoms with Gasteiger partial charge in [-0.2, -0.15) is 0 Å². The largest absolute Gasteiger partial charge is 0.366 e. The average molecular weight is 297 g/mol. The van der Waals surface area contributed by atoms with Crippen LogP contribution in [0.25, 0.3) is 0 Å². The van der Waals surface area contributed by atoms with Crippen LogP contribution in [-0.2, 0) is 9.53 Å². The number of benzene rings is 1. The van der Waals surface area contributed by atoms with Crippen molar-refractivity contribution in [2.24, 2.45) is 0 Å². The molecule has 1 saturated heterocycles. The number of amides is 1. The summed E-state index contributed by atoms with van der Waals surface area (Å²) in [6.07, 6.45) is 1.50. The molecule has 1 aromatic rings. The number of carbonyl (C=O) groups is 1. The van der Waals surface area contributed by atoms with Gasteiger partial charge in [0.2, 0.25) is 0 Å². The minimum absolute atomic E-state index is 0.00953. The lowest BCUT2D eigenvalue weighted by atomic mass is 10.0. The van der Waals surface area contributed by atoms with Gasteiger partial charge in [-0.3, -0.25) is 4.79 Å². The summed E-state index contributed by atoms with van der Waals surface area (Å²) < 4.78 is 5.48. The quantitative estimate of drug-likeness (QED) is 0.876. The van der Waals surface area contributed by atoms with E-state index in [9.17, 15) is 4.79 Å². The molecule has 0 aromatic heterocycles. The zero-order valence-electron chi connectivity index (χ0n) is 11.7. The van der Waals surface area contributed by atoms with E-state index in [1.165, 1.54) is 0 Å². The Bertz CT molecular complexity index is 430. The zero-order valence-corrected chi connectivity index (χ0v) is 12.5. The van der Waals surface area contributed by atoms with Crippen molar-refractivity contribution in [3.05, 3.63) is 34.9 Å². The highest BCUT2D eigenvalue weighted by Gasteiger charge is 2.24. The van der Waals surface area contributed by atoms with Crippen LogP contribution in [0.4, 0.5) is 0 Å². The summed E-state index contributed by atoms with van der Waals surface area (Å²) in [5.41, 5.74) is 1.08. The second kappa shape index (κ2) is 7.62. The van der Waals surface area contributed by atoms with Gasteiger partial charge in [0.1, 0.15) is 6.10 Å². The molecular weight excluding hydrogens is 276 g/mol. The van der Waals surface area contributed by atoms with Crippen molar-refractivity contribution < 1.29 is 9.53 Å². The van der Waals surface area contributed by atoms with Crippen molar-refractivity contribution >= 4 is 17.5 Å². The SMILES string of the molecule is CCC[C@@H](NC(=O)[C@@H]1CNCCO1)c1ccc(Cl)cc1. The van der Waals surface area contributed by atoms with Crippen LogP contribution in [0.2, 0.25) is 5.02 Å². The molecule has 4 nitrogen and oxygen atoms in total. The lowest BCUT2D eigenvalue weighted by Gasteiger charge is -2.26. The first kappa shape index (κ1) is 15.3. The molecule has 20 heavy (non-hydrogen) atoms. The summed E-state index contributed by atoms with van der Waals surface area (Å²) in [4.78, 5) is 12.2. The Morgan fingerprint density at radius 2 is 2.25 bits per heavy atom. The molecule has 5 heteroatoms. The molecule has 0 bridgehead atoms. The summed E-state index contributed by atoms with van der Waals surface area (Å²) in [7, 11) is 0. The van der Waals surface area contributed by atoms with Crippen LogP contribution in [0.15, 0.2) is 24.3 Å². The minimum Gasteiger partial charge on any atom is -0.366 e. The molecule has 0 saturated carbocycles. The van der Waals surface area contributed by atoms with Crippen molar-refractivity contribution in [3.63, 3.8) is 0 Å². The molecule has 2 N–H and O–H groups in total. The summed E-state index contributed by atoms with van der Waals surface area (Å²) in [6, 6.07) is 7.64. The first-order valence-corrected chi connectivity index (χ1v) is 7.46. The predicted molar refractivity (Wildman–Crippen MR) is 79.9 cm³/mol. The van der Waals surface area contributed by atoms with E-state index in [0.717, 1.165) is 24.9 Å². The highest BCUT2D eigenvalue weighted by Crippen LogP contribution is 2.21. The maximum Gasteiger partial charge on any atom is 0.250 e. The number of nitrogens with one attached hydrogen (secondary N) is 2. The molecule has 0 aliphatic carbocycles. The van der Waals surface area contributed by atoms with Crippen molar-refractivity contribution in [2.75, 3.05) is 19.7 Å². The van der Waals surface area contributed by atoms with E-state index in [1.54, 1.807) is 0 Å². The molecule has 2 rings (SSSR count). The highest BCUT2D eigenvalue weighted by atomic mass is 35.5. The fourth-order valence-corrected chi connectivity index (χ4v) is 2.43. The Morgan fingerprint density at radius 1 is 1.50 bits per heavy atom. The van der Waals surface area contributed by atoms with Crippen LogP contribution in [0.1, 0.15) is 31.4 Å². The van der Waals surface area contributed by atoms with Crippen LogP contribution >= 0.6 is 11.6 Å². The van der Waals surface area contributed by atoms with Crippen molar-refractivity contribution in [1.82, 2.24) is 10.6 Å². The first-order valence-electron chi connectivity index (χ1n) is 7.09. The third kappa shape index (κ3) is 4.20. The lowest BCUT2D eigenvalue weighted by molar-refractivity contribution is -0.135. The zero-order chi connectivity index (χ0) is 14.4. The Hall–Kier alpha value is -1.10. The number of hydrogen-bond acceptors (Lipinski definition) is 3. The maximum atomic E-state index is 12.2. The molecule has 1 amide bonds. The Kier molecular flexibility index (Phi) is 5.83. The van der Waals surface area contributed by atoms with E-state index in [4.69, 9.17) is 16.3 Å². The Labute approximate surface area is 124 Å². The number of morpholine rings is 1. The van der Waals surface area contributed by atoms with Crippen LogP contribution in [0.3, 0.4) is 0 Å². The van der Waals surface area contributed by atoms with Gasteiger partial charge in [0.05, 0.1) is 12.6 Å². The fourth-order valence-electron chi connectivity index (χ4n) is 2.30. The smallest absolute Gasteiger partial charge is 0.250 e. The van der Waals surface area contributed by atoms with E-state index in [2.05, 4.69) is 17.6 Å². The van der Waals surface area contributed by atoms with Gasteiger partial charge in [-0.05, 0) is 24.1 Å². The van der Waals surface area contributed by atoms with Crippen LogP contribution in [-0.4, -0.2) is 31.7 Å². The summed E-state index contributed by atoms with van der Waals surface area (Å²) in [6.45, 7) is 4.07. The molecular formula is C15H21ClN2O2. The van der Waals surface area contributed by atoms with Gasteiger partial charge in [-0.15, -0.1) is 0 Å². The van der Waals surface area contributed by atoms with E-state index in [1.807, 2.05) is 24.3 Å². The maximum absolute atomic E-state index is 12.2. The average Bonchev–Trinajstić information content (AvgIpc) is 2.48. The topological polar surface area (TPSA) is 50.4 Å². The number of rotatable bonds is 5. The van der Waals surface area contributed by atoms with Crippen molar-refractivity contribution in [2.45, 2.75) is 31.9 Å². The summed E-state index contributed by atoms with van der Waals surface area (Å²) in [5.74, 6) is -0.0504.